The van der Waals surface area contributed by atoms with Crippen LogP contribution in [0.4, 0.5) is 5.95 Å². The van der Waals surface area contributed by atoms with Crippen LogP contribution in [0.2, 0.25) is 0 Å². The molecule has 0 fully saturated rings. The van der Waals surface area contributed by atoms with Crippen molar-refractivity contribution in [3.8, 4) is 11.3 Å². The maximum atomic E-state index is 5.67. The van der Waals surface area contributed by atoms with Crippen molar-refractivity contribution in [2.24, 2.45) is 0 Å². The summed E-state index contributed by atoms with van der Waals surface area (Å²) in [6, 6.07) is 2.00. The number of nitrogens with two attached hydrogens (primary N) is 1. The molecule has 84 valence electrons. The zero-order valence-electron chi connectivity index (χ0n) is 9.18. The van der Waals surface area contributed by atoms with Gasteiger partial charge >= 0.3 is 0 Å². The first-order valence-electron chi connectivity index (χ1n) is 5.12. The third kappa shape index (κ3) is 1.59. The summed E-state index contributed by atoms with van der Waals surface area (Å²) < 4.78 is 0. The van der Waals surface area contributed by atoms with Crippen LogP contribution in [0.5, 0.6) is 0 Å². The molecule has 3 N–H and O–H groups in total. The second-order valence-electron chi connectivity index (χ2n) is 3.81. The maximum Gasteiger partial charge on any atom is 0.222 e. The van der Waals surface area contributed by atoms with Gasteiger partial charge in [0.25, 0.3) is 0 Å². The first kappa shape index (κ1) is 9.71. The van der Waals surface area contributed by atoms with Crippen LogP contribution >= 0.6 is 0 Å². The molecule has 0 amide bonds. The number of H-pyrrole nitrogens is 1. The smallest absolute Gasteiger partial charge is 0.222 e. The summed E-state index contributed by atoms with van der Waals surface area (Å²) in [5, 5.41) is 7.57. The molecule has 0 unspecified atom stereocenters. The molecule has 3 heterocycles. The molecule has 0 spiro atoms. The molecule has 17 heavy (non-hydrogen) atoms. The number of nitrogens with zero attached hydrogens (tertiary/aromatic N) is 4. The fourth-order valence-corrected chi connectivity index (χ4v) is 1.76. The Kier molecular flexibility index (Phi) is 2.01. The Labute approximate surface area is 96.9 Å². The van der Waals surface area contributed by atoms with Crippen LogP contribution in [0.1, 0.15) is 5.56 Å². The molecule has 0 aliphatic carbocycles. The highest BCUT2D eigenvalue weighted by Gasteiger charge is 2.10. The van der Waals surface area contributed by atoms with Crippen molar-refractivity contribution in [3.05, 3.63) is 30.2 Å². The zero-order chi connectivity index (χ0) is 11.8. The SMILES string of the molecule is Cc1cncc(-c2nc(N)nc3[nH]ncc23)c1. The third-order valence-corrected chi connectivity index (χ3v) is 2.48. The van der Waals surface area contributed by atoms with Crippen molar-refractivity contribution in [2.75, 3.05) is 5.73 Å². The Bertz CT molecular complexity index is 687. The van der Waals surface area contributed by atoms with E-state index in [0.29, 0.717) is 5.65 Å². The predicted molar refractivity (Wildman–Crippen MR) is 64.1 cm³/mol. The van der Waals surface area contributed by atoms with Gasteiger partial charge in [0.1, 0.15) is 0 Å². The summed E-state index contributed by atoms with van der Waals surface area (Å²) in [6.07, 6.45) is 5.23. The molecule has 6 heteroatoms. The second-order valence-corrected chi connectivity index (χ2v) is 3.81. The highest BCUT2D eigenvalue weighted by molar-refractivity contribution is 5.90. The molecule has 0 saturated carbocycles. The predicted octanol–water partition coefficient (Wildman–Crippen LogP) is 1.31. The quantitative estimate of drug-likeness (QED) is 0.652. The molecule has 3 rings (SSSR count). The van der Waals surface area contributed by atoms with Crippen LogP contribution in [0.25, 0.3) is 22.3 Å². The lowest BCUT2D eigenvalue weighted by atomic mass is 10.1. The zero-order valence-corrected chi connectivity index (χ0v) is 9.18. The first-order chi connectivity index (χ1) is 8.24. The van der Waals surface area contributed by atoms with Gasteiger partial charge in [-0.05, 0) is 18.6 Å². The summed E-state index contributed by atoms with van der Waals surface area (Å²) in [5.41, 5.74) is 9.02. The summed E-state index contributed by atoms with van der Waals surface area (Å²) >= 11 is 0. The van der Waals surface area contributed by atoms with Crippen LogP contribution in [-0.4, -0.2) is 25.1 Å². The molecule has 0 aliphatic rings. The van der Waals surface area contributed by atoms with Gasteiger partial charge in [0.2, 0.25) is 5.95 Å². The van der Waals surface area contributed by atoms with Crippen molar-refractivity contribution in [3.63, 3.8) is 0 Å². The van der Waals surface area contributed by atoms with E-state index < -0.39 is 0 Å². The minimum Gasteiger partial charge on any atom is -0.368 e. The van der Waals surface area contributed by atoms with E-state index in [4.69, 9.17) is 5.73 Å². The number of nitrogen functional groups attached to an aromatic ring is 1. The number of aromatic amines is 1. The summed E-state index contributed by atoms with van der Waals surface area (Å²) in [5.74, 6) is 0.221. The molecule has 3 aromatic heterocycles. The molecular formula is C11H10N6. The molecule has 3 aromatic rings. The van der Waals surface area contributed by atoms with E-state index in [1.807, 2.05) is 13.0 Å². The Morgan fingerprint density at radius 2 is 2.06 bits per heavy atom. The summed E-state index contributed by atoms with van der Waals surface area (Å²) in [7, 11) is 0. The van der Waals surface area contributed by atoms with E-state index in [1.165, 1.54) is 0 Å². The molecule has 6 nitrogen and oxygen atoms in total. The number of hydrogen-bond donors (Lipinski definition) is 2. The maximum absolute atomic E-state index is 5.67. The van der Waals surface area contributed by atoms with Gasteiger partial charge in [-0.15, -0.1) is 0 Å². The minimum absolute atomic E-state index is 0.221. The van der Waals surface area contributed by atoms with E-state index in [1.54, 1.807) is 18.6 Å². The van der Waals surface area contributed by atoms with Crippen molar-refractivity contribution < 1.29 is 0 Å². The molecule has 0 bridgehead atoms. The summed E-state index contributed by atoms with van der Waals surface area (Å²) in [4.78, 5) is 12.5. The number of rotatable bonds is 1. The molecule has 0 radical (unpaired) electrons. The van der Waals surface area contributed by atoms with Crippen molar-refractivity contribution in [1.82, 2.24) is 25.1 Å². The van der Waals surface area contributed by atoms with E-state index in [0.717, 1.165) is 22.2 Å². The normalized spacial score (nSPS) is 10.9. The van der Waals surface area contributed by atoms with Gasteiger partial charge in [-0.2, -0.15) is 10.1 Å². The molecule has 0 atom stereocenters. The van der Waals surface area contributed by atoms with E-state index in [2.05, 4.69) is 25.1 Å². The highest BCUT2D eigenvalue weighted by atomic mass is 15.2. The number of aryl methyl sites for hydroxylation is 1. The van der Waals surface area contributed by atoms with Gasteiger partial charge in [-0.25, -0.2) is 4.98 Å². The summed E-state index contributed by atoms with van der Waals surface area (Å²) in [6.45, 7) is 1.98. The first-order valence-corrected chi connectivity index (χ1v) is 5.12. The van der Waals surface area contributed by atoms with Crippen molar-refractivity contribution in [1.29, 1.82) is 0 Å². The van der Waals surface area contributed by atoms with Gasteiger partial charge in [-0.1, -0.05) is 0 Å². The Hall–Kier alpha value is -2.50. The van der Waals surface area contributed by atoms with Crippen LogP contribution in [0, 0.1) is 6.92 Å². The van der Waals surface area contributed by atoms with Gasteiger partial charge < -0.3 is 5.73 Å². The standard InChI is InChI=1S/C11H10N6/c1-6-2-7(4-13-3-6)9-8-5-14-17-10(8)16-11(12)15-9/h2-5H,1H3,(H3,12,14,15,16,17). The number of nitrogens with one attached hydrogen (secondary N) is 1. The molecule has 0 aromatic carbocycles. The van der Waals surface area contributed by atoms with Crippen LogP contribution in [-0.2, 0) is 0 Å². The van der Waals surface area contributed by atoms with Gasteiger partial charge in [0, 0.05) is 18.0 Å². The highest BCUT2D eigenvalue weighted by Crippen LogP contribution is 2.25. The fraction of sp³-hybridized carbons (Fsp3) is 0.0909. The number of aromatic nitrogens is 5. The van der Waals surface area contributed by atoms with Crippen LogP contribution < -0.4 is 5.73 Å². The monoisotopic (exact) mass is 226 g/mol. The lowest BCUT2D eigenvalue weighted by Gasteiger charge is -2.03. The van der Waals surface area contributed by atoms with Gasteiger partial charge in [0.05, 0.1) is 17.3 Å². The average molecular weight is 226 g/mol. The van der Waals surface area contributed by atoms with E-state index in [-0.39, 0.29) is 5.95 Å². The number of hydrogen-bond acceptors (Lipinski definition) is 5. The van der Waals surface area contributed by atoms with Crippen molar-refractivity contribution in [2.45, 2.75) is 6.92 Å². The lowest BCUT2D eigenvalue weighted by Crippen LogP contribution is -1.97. The third-order valence-electron chi connectivity index (χ3n) is 2.48. The van der Waals surface area contributed by atoms with Gasteiger partial charge in [0.15, 0.2) is 5.65 Å². The lowest BCUT2D eigenvalue weighted by molar-refractivity contribution is 1.09. The number of pyridine rings is 1. The largest absolute Gasteiger partial charge is 0.368 e. The fourth-order valence-electron chi connectivity index (χ4n) is 1.76. The Morgan fingerprint density at radius 1 is 1.18 bits per heavy atom. The van der Waals surface area contributed by atoms with Gasteiger partial charge in [-0.3, -0.25) is 10.1 Å². The number of anilines is 1. The van der Waals surface area contributed by atoms with E-state index >= 15 is 0 Å². The average Bonchev–Trinajstić information content (AvgIpc) is 2.75. The Balaban J connectivity index is 2.32. The topological polar surface area (TPSA) is 93.4 Å². The molecule has 0 saturated heterocycles. The molecular weight excluding hydrogens is 216 g/mol. The van der Waals surface area contributed by atoms with E-state index in [9.17, 15) is 0 Å². The Morgan fingerprint density at radius 3 is 2.88 bits per heavy atom. The van der Waals surface area contributed by atoms with Crippen LogP contribution in [0.15, 0.2) is 24.7 Å². The second kappa shape index (κ2) is 3.51. The minimum atomic E-state index is 0.221. The molecule has 0 aliphatic heterocycles. The number of fused-ring (bicyclic) bond motifs is 1. The van der Waals surface area contributed by atoms with Crippen LogP contribution in [0.3, 0.4) is 0 Å². The van der Waals surface area contributed by atoms with Crippen molar-refractivity contribution >= 4 is 17.0 Å².